The van der Waals surface area contributed by atoms with E-state index in [-0.39, 0.29) is 11.9 Å². The van der Waals surface area contributed by atoms with Crippen LogP contribution in [0.4, 0.5) is 0 Å². The van der Waals surface area contributed by atoms with Gasteiger partial charge in [0.25, 0.3) is 5.91 Å². The molecule has 1 heterocycles. The molecule has 0 bridgehead atoms. The molecule has 0 unspecified atom stereocenters. The predicted octanol–water partition coefficient (Wildman–Crippen LogP) is 5.76. The molecule has 2 aliphatic rings. The van der Waals surface area contributed by atoms with Crippen LogP contribution < -0.4 is 4.74 Å². The number of hydrogen-bond donors (Lipinski definition) is 0. The fraction of sp³-hybridized carbons (Fsp3) is 0.333. The minimum absolute atomic E-state index is 0.00267. The zero-order valence-corrected chi connectivity index (χ0v) is 19.4. The topological polar surface area (TPSA) is 32.8 Å². The average Bonchev–Trinajstić information content (AvgIpc) is 2.98. The van der Waals surface area contributed by atoms with Gasteiger partial charge < -0.3 is 9.64 Å². The van der Waals surface area contributed by atoms with E-state index in [2.05, 4.69) is 15.9 Å². The van der Waals surface area contributed by atoms with Crippen LogP contribution >= 0.6 is 28.1 Å². The van der Waals surface area contributed by atoms with E-state index >= 15 is 0 Å². The Kier molecular flexibility index (Phi) is 6.54. The van der Waals surface area contributed by atoms with Gasteiger partial charge in [-0.2, -0.15) is 0 Å². The van der Waals surface area contributed by atoms with Gasteiger partial charge in [-0.3, -0.25) is 9.69 Å². The minimum atomic E-state index is -0.00267. The van der Waals surface area contributed by atoms with Gasteiger partial charge in [-0.15, -0.1) is 0 Å². The number of benzene rings is 2. The van der Waals surface area contributed by atoms with Gasteiger partial charge in [0.2, 0.25) is 0 Å². The zero-order chi connectivity index (χ0) is 21.1. The lowest BCUT2D eigenvalue weighted by atomic mass is 9.94. The summed E-state index contributed by atoms with van der Waals surface area (Å²) in [6, 6.07) is 16.1. The Labute approximate surface area is 191 Å². The van der Waals surface area contributed by atoms with Gasteiger partial charge in [-0.25, -0.2) is 0 Å². The van der Waals surface area contributed by atoms with Crippen molar-refractivity contribution >= 4 is 45.2 Å². The molecule has 0 aromatic heterocycles. The molecule has 0 spiro atoms. The highest BCUT2D eigenvalue weighted by Gasteiger charge is 2.40. The third kappa shape index (κ3) is 4.44. The number of hydrogen-bond acceptors (Lipinski definition) is 3. The third-order valence-corrected chi connectivity index (χ3v) is 6.75. The smallest absolute Gasteiger partial charge is 0.277 e. The van der Waals surface area contributed by atoms with Crippen molar-refractivity contribution in [2.45, 2.75) is 44.8 Å². The predicted molar refractivity (Wildman–Crippen MR) is 127 cm³/mol. The van der Waals surface area contributed by atoms with Crippen molar-refractivity contribution in [3.05, 3.63) is 69.8 Å². The van der Waals surface area contributed by atoms with Gasteiger partial charge in [-0.1, -0.05) is 65.5 Å². The summed E-state index contributed by atoms with van der Waals surface area (Å²) in [5.74, 6) is 0.744. The first-order valence-electron chi connectivity index (χ1n) is 10.3. The largest absolute Gasteiger partial charge is 0.488 e. The van der Waals surface area contributed by atoms with E-state index in [9.17, 15) is 4.79 Å². The highest BCUT2D eigenvalue weighted by atomic mass is 79.9. The van der Waals surface area contributed by atoms with E-state index in [1.54, 1.807) is 0 Å². The molecule has 0 N–H and O–H groups in total. The summed E-state index contributed by atoms with van der Waals surface area (Å²) in [5.41, 5.74) is 2.56. The first-order valence-corrected chi connectivity index (χ1v) is 11.5. The molecule has 1 amide bonds. The van der Waals surface area contributed by atoms with Crippen LogP contribution in [0, 0.1) is 0 Å². The quantitative estimate of drug-likeness (QED) is 0.398. The Balaban J connectivity index is 1.56. The second-order valence-corrected chi connectivity index (χ2v) is 9.07. The molecule has 156 valence electrons. The lowest BCUT2D eigenvalue weighted by molar-refractivity contribution is -0.124. The van der Waals surface area contributed by atoms with Crippen molar-refractivity contribution in [3.63, 3.8) is 0 Å². The van der Waals surface area contributed by atoms with Crippen LogP contribution in [0.3, 0.4) is 0 Å². The minimum Gasteiger partial charge on any atom is -0.488 e. The van der Waals surface area contributed by atoms with E-state index in [0.29, 0.717) is 17.4 Å². The molecular weight excluding hydrogens is 460 g/mol. The Morgan fingerprint density at radius 2 is 1.80 bits per heavy atom. The summed E-state index contributed by atoms with van der Waals surface area (Å²) in [7, 11) is 1.88. The highest BCUT2D eigenvalue weighted by molar-refractivity contribution is 9.10. The summed E-state index contributed by atoms with van der Waals surface area (Å²) < 4.78 is 7.12. The van der Waals surface area contributed by atoms with Gasteiger partial charge in [0.1, 0.15) is 18.1 Å². The molecule has 1 saturated heterocycles. The number of para-hydroxylation sites is 1. The maximum atomic E-state index is 13.2. The van der Waals surface area contributed by atoms with Crippen LogP contribution in [0.1, 0.15) is 43.2 Å². The van der Waals surface area contributed by atoms with Gasteiger partial charge in [0.15, 0.2) is 5.11 Å². The van der Waals surface area contributed by atoms with E-state index < -0.39 is 0 Å². The number of thiocarbonyl (C=S) groups is 1. The molecule has 0 radical (unpaired) electrons. The number of amides is 1. The lowest BCUT2D eigenvalue weighted by Gasteiger charge is -2.30. The molecule has 0 atom stereocenters. The number of carbonyl (C=O) groups excluding carboxylic acids is 1. The summed E-state index contributed by atoms with van der Waals surface area (Å²) in [4.78, 5) is 16.9. The van der Waals surface area contributed by atoms with E-state index in [4.69, 9.17) is 17.0 Å². The van der Waals surface area contributed by atoms with Crippen molar-refractivity contribution in [2.75, 3.05) is 7.05 Å². The molecule has 30 heavy (non-hydrogen) atoms. The van der Waals surface area contributed by atoms with Crippen LogP contribution in [0.5, 0.6) is 5.75 Å². The number of rotatable bonds is 5. The summed E-state index contributed by atoms with van der Waals surface area (Å²) in [5, 5.41) is 0.603. The monoisotopic (exact) mass is 484 g/mol. The number of carbonyl (C=O) groups is 1. The molecule has 6 heteroatoms. The lowest BCUT2D eigenvalue weighted by Crippen LogP contribution is -2.41. The van der Waals surface area contributed by atoms with E-state index in [1.165, 1.54) is 6.42 Å². The second kappa shape index (κ2) is 9.31. The second-order valence-electron chi connectivity index (χ2n) is 7.79. The molecule has 1 aliphatic carbocycles. The van der Waals surface area contributed by atoms with Crippen molar-refractivity contribution < 1.29 is 9.53 Å². The van der Waals surface area contributed by atoms with Crippen molar-refractivity contribution in [1.29, 1.82) is 0 Å². The van der Waals surface area contributed by atoms with Gasteiger partial charge >= 0.3 is 0 Å². The van der Waals surface area contributed by atoms with E-state index in [1.807, 2.05) is 71.5 Å². The summed E-state index contributed by atoms with van der Waals surface area (Å²) >= 11 is 9.08. The average molecular weight is 485 g/mol. The molecule has 1 saturated carbocycles. The normalized spacial score (nSPS) is 19.1. The van der Waals surface area contributed by atoms with Gasteiger partial charge in [-0.05, 0) is 54.9 Å². The number of nitrogens with zero attached hydrogens (tertiary/aromatic N) is 2. The van der Waals surface area contributed by atoms with Crippen LogP contribution in [-0.2, 0) is 11.4 Å². The van der Waals surface area contributed by atoms with Gasteiger partial charge in [0.05, 0.1) is 0 Å². The molecule has 2 fully saturated rings. The Hall–Kier alpha value is -2.18. The highest BCUT2D eigenvalue weighted by Crippen LogP contribution is 2.32. The Bertz CT molecular complexity index is 967. The fourth-order valence-corrected chi connectivity index (χ4v) is 4.65. The molecule has 4 nitrogen and oxygen atoms in total. The maximum absolute atomic E-state index is 13.2. The molecule has 2 aromatic carbocycles. The molecule has 4 rings (SSSR count). The Morgan fingerprint density at radius 3 is 2.53 bits per heavy atom. The third-order valence-electron chi connectivity index (χ3n) is 5.75. The van der Waals surface area contributed by atoms with Crippen LogP contribution in [0.2, 0.25) is 0 Å². The molecular formula is C24H25BrN2O2S. The van der Waals surface area contributed by atoms with Crippen LogP contribution in [0.15, 0.2) is 58.7 Å². The zero-order valence-electron chi connectivity index (χ0n) is 17.0. The summed E-state index contributed by atoms with van der Waals surface area (Å²) in [6.07, 6.45) is 7.51. The molecule has 1 aliphatic heterocycles. The fourth-order valence-electron chi connectivity index (χ4n) is 4.06. The van der Waals surface area contributed by atoms with Gasteiger partial charge in [0, 0.05) is 23.1 Å². The van der Waals surface area contributed by atoms with Crippen molar-refractivity contribution in [2.24, 2.45) is 0 Å². The maximum Gasteiger partial charge on any atom is 0.277 e. The number of likely N-dealkylation sites (N-methyl/N-ethyl adjacent to an activating group) is 1. The summed E-state index contributed by atoms with van der Waals surface area (Å²) in [6.45, 7) is 0.462. The SMILES string of the molecule is CN1C(=S)N(C2CCCCC2)C(=O)/C1=C/c1ccccc1OCc1ccc(Br)cc1. The molecule has 2 aromatic rings. The standard InChI is InChI=1S/C24H25BrN2O2S/c1-26-21(23(28)27(24(26)30)20-8-3-2-4-9-20)15-18-7-5-6-10-22(18)29-16-17-11-13-19(25)14-12-17/h5-7,10-15,20H,2-4,8-9,16H2,1H3/b21-15-. The van der Waals surface area contributed by atoms with Crippen molar-refractivity contribution in [1.82, 2.24) is 9.80 Å². The number of halogens is 1. The van der Waals surface area contributed by atoms with Crippen molar-refractivity contribution in [3.8, 4) is 5.75 Å². The van der Waals surface area contributed by atoms with Crippen LogP contribution in [0.25, 0.3) is 6.08 Å². The Morgan fingerprint density at radius 1 is 1.10 bits per heavy atom. The first-order chi connectivity index (χ1) is 14.5. The number of ether oxygens (including phenoxy) is 1. The van der Waals surface area contributed by atoms with E-state index in [0.717, 1.165) is 47.0 Å². The first kappa shape index (κ1) is 21.1. The van der Waals surface area contributed by atoms with Crippen LogP contribution in [-0.4, -0.2) is 33.9 Å².